The Labute approximate surface area is 90.2 Å². The molecule has 2 N–H and O–H groups in total. The van der Waals surface area contributed by atoms with Crippen LogP contribution in [0.4, 0.5) is 5.69 Å². The van der Waals surface area contributed by atoms with E-state index < -0.39 is 10.8 Å². The van der Waals surface area contributed by atoms with E-state index in [1.165, 1.54) is 12.1 Å². The van der Waals surface area contributed by atoms with Crippen molar-refractivity contribution in [1.82, 2.24) is 0 Å². The Kier molecular flexibility index (Phi) is 3.35. The largest absolute Gasteiger partial charge is 0.359 e. The maximum absolute atomic E-state index is 10.6. The van der Waals surface area contributed by atoms with Crippen LogP contribution in [0.5, 0.6) is 0 Å². The lowest BCUT2D eigenvalue weighted by molar-refractivity contribution is -0.385. The number of aldehydes is 1. The van der Waals surface area contributed by atoms with Crippen LogP contribution in [0.1, 0.15) is 15.9 Å². The highest BCUT2D eigenvalue weighted by Gasteiger charge is 2.12. The summed E-state index contributed by atoms with van der Waals surface area (Å²) in [6, 6.07) is 3.77. The number of nitro groups is 1. The molecule has 0 heterocycles. The van der Waals surface area contributed by atoms with Crippen molar-refractivity contribution in [3.63, 3.8) is 0 Å². The second-order valence-electron chi connectivity index (χ2n) is 2.76. The molecule has 1 aromatic carbocycles. The van der Waals surface area contributed by atoms with Crippen LogP contribution < -0.4 is 5.73 Å². The minimum Gasteiger partial charge on any atom is -0.359 e. The molecule has 0 unspecified atom stereocenters. The van der Waals surface area contributed by atoms with E-state index in [4.69, 9.17) is 5.73 Å². The third-order valence-corrected chi connectivity index (χ3v) is 1.68. The lowest BCUT2D eigenvalue weighted by atomic mass is 10.1. The number of nitrogens with zero attached hydrogens (tertiary/aromatic N) is 1. The van der Waals surface area contributed by atoms with E-state index >= 15 is 0 Å². The Morgan fingerprint density at radius 2 is 2.19 bits per heavy atom. The number of nitro benzene ring substituents is 1. The molecule has 16 heavy (non-hydrogen) atoms. The number of hydrogen-bond donors (Lipinski definition) is 1. The lowest BCUT2D eigenvalue weighted by Gasteiger charge is -1.95. The Morgan fingerprint density at radius 3 is 2.69 bits per heavy atom. The Balaban J connectivity index is 3.23. The fourth-order valence-electron chi connectivity index (χ4n) is 1.01. The summed E-state index contributed by atoms with van der Waals surface area (Å²) in [6.45, 7) is 0. The molecule has 6 nitrogen and oxygen atoms in total. The summed E-state index contributed by atoms with van der Waals surface area (Å²) < 4.78 is 0. The van der Waals surface area contributed by atoms with E-state index in [2.05, 4.69) is 5.92 Å². The number of primary amides is 1. The minimum absolute atomic E-state index is 0.0466. The van der Waals surface area contributed by atoms with Crippen molar-refractivity contribution < 1.29 is 14.5 Å². The monoisotopic (exact) mass is 218 g/mol. The van der Waals surface area contributed by atoms with E-state index in [1.807, 2.05) is 5.92 Å². The van der Waals surface area contributed by atoms with Crippen molar-refractivity contribution >= 4 is 17.9 Å². The van der Waals surface area contributed by atoms with Gasteiger partial charge in [0.15, 0.2) is 6.29 Å². The van der Waals surface area contributed by atoms with Crippen molar-refractivity contribution in [1.29, 1.82) is 0 Å². The molecule has 0 aliphatic carbocycles. The number of nitrogens with two attached hydrogens (primary N) is 1. The number of carbonyl (C=O) groups is 2. The standard InChI is InChI=1S/C10H6N2O4/c11-10(14)4-2-7-1-3-8(6-13)9(5-7)12(15)16/h1,3,5-6H,(H2,11,14). The lowest BCUT2D eigenvalue weighted by Crippen LogP contribution is -2.06. The highest BCUT2D eigenvalue weighted by atomic mass is 16.6. The highest BCUT2D eigenvalue weighted by molar-refractivity contribution is 5.92. The average molecular weight is 218 g/mol. The van der Waals surface area contributed by atoms with E-state index in [9.17, 15) is 19.7 Å². The third-order valence-electron chi connectivity index (χ3n) is 1.68. The van der Waals surface area contributed by atoms with Crippen LogP contribution in [-0.4, -0.2) is 17.1 Å². The molecule has 1 amide bonds. The molecule has 0 spiro atoms. The topological polar surface area (TPSA) is 103 Å². The highest BCUT2D eigenvalue weighted by Crippen LogP contribution is 2.17. The molecular formula is C10H6N2O4. The van der Waals surface area contributed by atoms with Gasteiger partial charge >= 0.3 is 0 Å². The molecular weight excluding hydrogens is 212 g/mol. The average Bonchev–Trinajstić information content (AvgIpc) is 2.25. The summed E-state index contributed by atoms with van der Waals surface area (Å²) >= 11 is 0. The van der Waals surface area contributed by atoms with Crippen LogP contribution in [-0.2, 0) is 4.79 Å². The summed E-state index contributed by atoms with van der Waals surface area (Å²) in [4.78, 5) is 30.8. The van der Waals surface area contributed by atoms with Crippen LogP contribution >= 0.6 is 0 Å². The first-order chi connectivity index (χ1) is 7.54. The first-order valence-corrected chi connectivity index (χ1v) is 4.09. The van der Waals surface area contributed by atoms with Gasteiger partial charge in [0, 0.05) is 11.6 Å². The van der Waals surface area contributed by atoms with Crippen molar-refractivity contribution in [2.45, 2.75) is 0 Å². The van der Waals surface area contributed by atoms with Crippen LogP contribution in [0.15, 0.2) is 18.2 Å². The van der Waals surface area contributed by atoms with Gasteiger partial charge in [-0.15, -0.1) is 0 Å². The van der Waals surface area contributed by atoms with E-state index in [0.717, 1.165) is 6.07 Å². The Bertz CT molecular complexity index is 525. The zero-order chi connectivity index (χ0) is 12.1. The molecule has 0 bridgehead atoms. The number of rotatable bonds is 2. The van der Waals surface area contributed by atoms with Crippen molar-refractivity contribution in [3.8, 4) is 11.8 Å². The molecule has 0 aromatic heterocycles. The van der Waals surface area contributed by atoms with Gasteiger partial charge in [0.2, 0.25) is 0 Å². The van der Waals surface area contributed by atoms with E-state index in [0.29, 0.717) is 6.29 Å². The summed E-state index contributed by atoms with van der Waals surface area (Å²) in [5, 5.41) is 10.6. The summed E-state index contributed by atoms with van der Waals surface area (Å²) in [5.74, 6) is 3.56. The quantitative estimate of drug-likeness (QED) is 0.332. The zero-order valence-corrected chi connectivity index (χ0v) is 7.97. The van der Waals surface area contributed by atoms with Crippen molar-refractivity contribution in [2.24, 2.45) is 5.73 Å². The van der Waals surface area contributed by atoms with Gasteiger partial charge in [0.25, 0.3) is 11.6 Å². The van der Waals surface area contributed by atoms with E-state index in [1.54, 1.807) is 0 Å². The molecule has 0 fully saturated rings. The van der Waals surface area contributed by atoms with Gasteiger partial charge in [-0.25, -0.2) is 0 Å². The maximum atomic E-state index is 10.6. The molecule has 1 aromatic rings. The normalized spacial score (nSPS) is 8.75. The number of benzene rings is 1. The predicted molar refractivity (Wildman–Crippen MR) is 54.6 cm³/mol. The molecule has 0 atom stereocenters. The molecule has 80 valence electrons. The number of amides is 1. The molecule has 0 saturated carbocycles. The van der Waals surface area contributed by atoms with Gasteiger partial charge in [-0.05, 0) is 18.1 Å². The molecule has 0 saturated heterocycles. The summed E-state index contributed by atoms with van der Waals surface area (Å²) in [6.07, 6.45) is 0.378. The Morgan fingerprint density at radius 1 is 1.50 bits per heavy atom. The van der Waals surface area contributed by atoms with Crippen LogP contribution in [0.3, 0.4) is 0 Å². The van der Waals surface area contributed by atoms with E-state index in [-0.39, 0.29) is 16.8 Å². The first-order valence-electron chi connectivity index (χ1n) is 4.09. The van der Waals surface area contributed by atoms with Gasteiger partial charge in [-0.1, -0.05) is 5.92 Å². The fraction of sp³-hybridized carbons (Fsp3) is 0. The van der Waals surface area contributed by atoms with Crippen LogP contribution in [0.2, 0.25) is 0 Å². The predicted octanol–water partition coefficient (Wildman–Crippen LogP) is 0.244. The third kappa shape index (κ3) is 2.65. The number of hydrogen-bond acceptors (Lipinski definition) is 4. The van der Waals surface area contributed by atoms with Gasteiger partial charge in [-0.3, -0.25) is 19.7 Å². The Hall–Kier alpha value is -2.68. The van der Waals surface area contributed by atoms with Gasteiger partial charge in [0.05, 0.1) is 10.5 Å². The second kappa shape index (κ2) is 4.70. The fourth-order valence-corrected chi connectivity index (χ4v) is 1.01. The summed E-state index contributed by atoms with van der Waals surface area (Å²) in [5.41, 5.74) is 4.64. The molecule has 0 aliphatic rings. The van der Waals surface area contributed by atoms with Crippen molar-refractivity contribution in [2.75, 3.05) is 0 Å². The molecule has 1 rings (SSSR count). The first kappa shape index (κ1) is 11.4. The maximum Gasteiger partial charge on any atom is 0.293 e. The van der Waals surface area contributed by atoms with Crippen LogP contribution in [0, 0.1) is 22.0 Å². The molecule has 0 aliphatic heterocycles. The van der Waals surface area contributed by atoms with Gasteiger partial charge < -0.3 is 5.73 Å². The smallest absolute Gasteiger partial charge is 0.293 e. The molecule has 6 heteroatoms. The number of carbonyl (C=O) groups excluding carboxylic acids is 2. The van der Waals surface area contributed by atoms with Crippen molar-refractivity contribution in [3.05, 3.63) is 39.4 Å². The molecule has 0 radical (unpaired) electrons. The zero-order valence-electron chi connectivity index (χ0n) is 7.97. The van der Waals surface area contributed by atoms with Gasteiger partial charge in [0.1, 0.15) is 0 Å². The second-order valence-corrected chi connectivity index (χ2v) is 2.76. The van der Waals surface area contributed by atoms with Crippen LogP contribution in [0.25, 0.3) is 0 Å². The summed E-state index contributed by atoms with van der Waals surface area (Å²) in [7, 11) is 0. The van der Waals surface area contributed by atoms with Gasteiger partial charge in [-0.2, -0.15) is 0 Å². The minimum atomic E-state index is -0.831. The SMILES string of the molecule is NC(=O)C#Cc1ccc(C=O)c([N+](=O)[O-])c1.